The first-order valence-corrected chi connectivity index (χ1v) is 15.0. The van der Waals surface area contributed by atoms with Crippen LogP contribution in [0.1, 0.15) is 30.2 Å². The molecule has 42 heavy (non-hydrogen) atoms. The molecule has 216 valence electrons. The molecule has 0 spiro atoms. The molecule has 2 aromatic carbocycles. The first-order valence-electron chi connectivity index (χ1n) is 13.8. The third-order valence-corrected chi connectivity index (χ3v) is 9.50. The van der Waals surface area contributed by atoms with Crippen LogP contribution in [0.4, 0.5) is 5.82 Å². The van der Waals surface area contributed by atoms with Crippen LogP contribution < -0.4 is 10.1 Å². The number of aromatic nitrogens is 4. The van der Waals surface area contributed by atoms with Crippen molar-refractivity contribution in [2.24, 2.45) is 5.92 Å². The molecule has 3 N–H and O–H groups in total. The van der Waals surface area contributed by atoms with Gasteiger partial charge in [0.2, 0.25) is 0 Å². The van der Waals surface area contributed by atoms with Gasteiger partial charge >= 0.3 is 0 Å². The quantitative estimate of drug-likeness (QED) is 0.194. The number of rotatable bonds is 7. The Kier molecular flexibility index (Phi) is 7.06. The fourth-order valence-corrected chi connectivity index (χ4v) is 7.04. The summed E-state index contributed by atoms with van der Waals surface area (Å²) in [5.74, 6) is 1.61. The number of nitrogens with zero attached hydrogens (tertiary/aromatic N) is 4. The molecule has 4 heterocycles. The van der Waals surface area contributed by atoms with E-state index in [0.717, 1.165) is 44.5 Å². The first kappa shape index (κ1) is 27.5. The number of hydrogen-bond donors (Lipinski definition) is 3. The fourth-order valence-electron chi connectivity index (χ4n) is 6.38. The van der Waals surface area contributed by atoms with E-state index < -0.39 is 24.0 Å². The number of ether oxygens (including phenoxy) is 2. The summed E-state index contributed by atoms with van der Waals surface area (Å²) in [6.45, 7) is 0.624. The van der Waals surface area contributed by atoms with E-state index in [1.54, 1.807) is 23.9 Å². The number of fused-ring (bicyclic) bond motifs is 3. The topological polar surface area (TPSA) is 115 Å². The Bertz CT molecular complexity index is 1780. The van der Waals surface area contributed by atoms with Crippen molar-refractivity contribution in [3.63, 3.8) is 0 Å². The summed E-state index contributed by atoms with van der Waals surface area (Å²) >= 11 is 9.89. The van der Waals surface area contributed by atoms with E-state index in [2.05, 4.69) is 55.5 Å². The van der Waals surface area contributed by atoms with E-state index in [0.29, 0.717) is 35.6 Å². The van der Waals surface area contributed by atoms with Gasteiger partial charge < -0.3 is 29.6 Å². The summed E-state index contributed by atoms with van der Waals surface area (Å²) < 4.78 is 14.3. The highest BCUT2D eigenvalue weighted by atomic mass is 79.9. The average Bonchev–Trinajstić information content (AvgIpc) is 3.64. The number of benzene rings is 2. The summed E-state index contributed by atoms with van der Waals surface area (Å²) in [5, 5.41) is 28.3. The van der Waals surface area contributed by atoms with Crippen LogP contribution in [0.25, 0.3) is 21.9 Å². The summed E-state index contributed by atoms with van der Waals surface area (Å²) in [6.07, 6.45) is 2.63. The average molecular weight is 651 g/mol. The van der Waals surface area contributed by atoms with Crippen molar-refractivity contribution < 1.29 is 19.7 Å². The van der Waals surface area contributed by atoms with Gasteiger partial charge in [-0.05, 0) is 82.6 Å². The Hall–Kier alpha value is -3.28. The van der Waals surface area contributed by atoms with E-state index >= 15 is 0 Å². The number of aliphatic hydroxyl groups excluding tert-OH is 1. The van der Waals surface area contributed by atoms with E-state index in [4.69, 9.17) is 26.1 Å². The molecule has 1 saturated carbocycles. The Morgan fingerprint density at radius 2 is 1.95 bits per heavy atom. The normalized spacial score (nSPS) is 25.3. The van der Waals surface area contributed by atoms with E-state index in [9.17, 15) is 10.2 Å². The minimum Gasteiger partial charge on any atom is -0.497 e. The number of halogens is 2. The molecule has 5 aromatic rings. The van der Waals surface area contributed by atoms with Crippen LogP contribution in [0, 0.1) is 5.92 Å². The van der Waals surface area contributed by atoms with Crippen molar-refractivity contribution in [1.82, 2.24) is 19.5 Å². The number of aliphatic hydroxyl groups is 2. The minimum atomic E-state index is -1.35. The minimum absolute atomic E-state index is 0.0234. The fraction of sp³-hybridized carbons (Fsp3) is 0.323. The van der Waals surface area contributed by atoms with Gasteiger partial charge in [-0.15, -0.1) is 0 Å². The van der Waals surface area contributed by atoms with Gasteiger partial charge in [-0.2, -0.15) is 0 Å². The summed E-state index contributed by atoms with van der Waals surface area (Å²) in [6, 6.07) is 18.1. The molecule has 2 fully saturated rings. The Morgan fingerprint density at radius 1 is 1.14 bits per heavy atom. The summed E-state index contributed by atoms with van der Waals surface area (Å²) in [4.78, 5) is 13.3. The maximum Gasteiger partial charge on any atom is 0.164 e. The number of hydrogen-bond acceptors (Lipinski definition) is 8. The zero-order chi connectivity index (χ0) is 29.0. The molecule has 5 atom stereocenters. The summed E-state index contributed by atoms with van der Waals surface area (Å²) in [5.41, 5.74) is 2.30. The van der Waals surface area contributed by atoms with Crippen molar-refractivity contribution >= 4 is 55.3 Å². The lowest BCUT2D eigenvalue weighted by atomic mass is 9.90. The van der Waals surface area contributed by atoms with E-state index in [1.165, 1.54) is 6.33 Å². The van der Waals surface area contributed by atoms with Gasteiger partial charge in [0.25, 0.3) is 0 Å². The standard InChI is InChI=1S/C31H29BrClN5O4/c1-41-21-6-3-17(4-7-21)15-34-28-23(32)14-19-5-2-18(13-24(19)37-28)12-20-8-10-31(40)25(39)30(42-26(20)31)38-11-9-22-27(33)35-16-36-29(22)38/h2-7,9,11,13-14,16,20,25-26,30,39-40H,8,10,12,15H2,1H3,(H,34,37)/t20-,25-,26+,30+,31-/m0/s1. The molecular formula is C31H29BrClN5O4. The number of methoxy groups -OCH3 is 1. The lowest BCUT2D eigenvalue weighted by molar-refractivity contribution is -0.0675. The molecule has 1 saturated heterocycles. The molecule has 0 bridgehead atoms. The predicted molar refractivity (Wildman–Crippen MR) is 164 cm³/mol. The van der Waals surface area contributed by atoms with E-state index in [-0.39, 0.29) is 5.92 Å². The number of anilines is 1. The van der Waals surface area contributed by atoms with Crippen LogP contribution >= 0.6 is 27.5 Å². The molecule has 1 aliphatic heterocycles. The zero-order valence-corrected chi connectivity index (χ0v) is 25.1. The van der Waals surface area contributed by atoms with Crippen LogP contribution in [0.2, 0.25) is 5.15 Å². The molecule has 3 aromatic heterocycles. The Labute approximate surface area is 255 Å². The van der Waals surface area contributed by atoms with Crippen molar-refractivity contribution in [2.45, 2.75) is 49.8 Å². The van der Waals surface area contributed by atoms with Crippen LogP contribution in [0.15, 0.2) is 71.6 Å². The van der Waals surface area contributed by atoms with Crippen LogP contribution in [-0.4, -0.2) is 54.7 Å². The highest BCUT2D eigenvalue weighted by Gasteiger charge is 2.61. The van der Waals surface area contributed by atoms with Gasteiger partial charge in [-0.25, -0.2) is 15.0 Å². The predicted octanol–water partition coefficient (Wildman–Crippen LogP) is 5.66. The molecule has 9 nitrogen and oxygen atoms in total. The molecule has 0 radical (unpaired) electrons. The van der Waals surface area contributed by atoms with Gasteiger partial charge in [0.05, 0.1) is 28.6 Å². The van der Waals surface area contributed by atoms with Crippen molar-refractivity contribution in [2.75, 3.05) is 12.4 Å². The number of pyridine rings is 1. The molecule has 2 aliphatic rings. The van der Waals surface area contributed by atoms with Crippen molar-refractivity contribution in [1.29, 1.82) is 0 Å². The van der Waals surface area contributed by atoms with Gasteiger partial charge in [-0.3, -0.25) is 0 Å². The summed E-state index contributed by atoms with van der Waals surface area (Å²) in [7, 11) is 1.66. The smallest absolute Gasteiger partial charge is 0.164 e. The van der Waals surface area contributed by atoms with Gasteiger partial charge in [0.1, 0.15) is 40.4 Å². The van der Waals surface area contributed by atoms with Gasteiger partial charge in [0.15, 0.2) is 6.23 Å². The highest BCUT2D eigenvalue weighted by Crippen LogP contribution is 2.50. The van der Waals surface area contributed by atoms with Crippen LogP contribution in [0.5, 0.6) is 5.75 Å². The second-order valence-electron chi connectivity index (χ2n) is 11.1. The van der Waals surface area contributed by atoms with Crippen LogP contribution in [0.3, 0.4) is 0 Å². The largest absolute Gasteiger partial charge is 0.497 e. The molecular weight excluding hydrogens is 622 g/mol. The molecule has 1 aliphatic carbocycles. The maximum atomic E-state index is 11.6. The molecule has 7 rings (SSSR count). The van der Waals surface area contributed by atoms with E-state index in [1.807, 2.05) is 24.3 Å². The Balaban J connectivity index is 1.10. The van der Waals surface area contributed by atoms with Gasteiger partial charge in [-0.1, -0.05) is 35.9 Å². The monoisotopic (exact) mass is 649 g/mol. The highest BCUT2D eigenvalue weighted by molar-refractivity contribution is 9.10. The lowest BCUT2D eigenvalue weighted by Gasteiger charge is -2.26. The third kappa shape index (κ3) is 4.71. The molecule has 0 amide bonds. The van der Waals surface area contributed by atoms with Crippen molar-refractivity contribution in [3.05, 3.63) is 87.9 Å². The van der Waals surface area contributed by atoms with Crippen LogP contribution in [-0.2, 0) is 17.7 Å². The van der Waals surface area contributed by atoms with Crippen molar-refractivity contribution in [3.8, 4) is 5.75 Å². The lowest BCUT2D eigenvalue weighted by Crippen LogP contribution is -2.45. The van der Waals surface area contributed by atoms with Gasteiger partial charge in [0, 0.05) is 18.1 Å². The second-order valence-corrected chi connectivity index (χ2v) is 12.3. The third-order valence-electron chi connectivity index (χ3n) is 8.59. The second kappa shape index (κ2) is 10.8. The first-order chi connectivity index (χ1) is 20.3. The molecule has 0 unspecified atom stereocenters. The number of nitrogens with one attached hydrogen (secondary N) is 1. The molecule has 11 heteroatoms. The Morgan fingerprint density at radius 3 is 2.76 bits per heavy atom. The SMILES string of the molecule is COc1ccc(CNc2nc3cc(C[C@@H]4CC[C@@]5(O)[C@@H]4O[C@@H](n4ccc6c(Cl)ncnc64)[C@@H]5O)ccc3cc2Br)cc1. The zero-order valence-electron chi connectivity index (χ0n) is 22.7. The maximum absolute atomic E-state index is 11.6.